The van der Waals surface area contributed by atoms with Gasteiger partial charge in [-0.3, -0.25) is 33.6 Å². The van der Waals surface area contributed by atoms with Crippen LogP contribution in [-0.2, 0) is 43.1 Å². The molecule has 10 rings (SSSR count). The number of esters is 1. The summed E-state index contributed by atoms with van der Waals surface area (Å²) in [5.41, 5.74) is 5.87. The third-order valence-electron chi connectivity index (χ3n) is 14.3. The highest BCUT2D eigenvalue weighted by atomic mass is 35.5. The Labute approximate surface area is 486 Å². The molecule has 5 aliphatic heterocycles. The topological polar surface area (TPSA) is 352 Å². The summed E-state index contributed by atoms with van der Waals surface area (Å²) in [6, 6.07) is 7.24. The molecule has 5 heterocycles. The molecule has 0 aromatic heterocycles. The number of rotatable bonds is 12. The molecule has 25 nitrogen and oxygen atoms in total. The first-order valence-electron chi connectivity index (χ1n) is 26.2. The summed E-state index contributed by atoms with van der Waals surface area (Å²) >= 11 is 6.93. The van der Waals surface area contributed by atoms with Crippen molar-refractivity contribution >= 4 is 58.9 Å². The maximum Gasteiger partial charge on any atom is 0.333 e. The monoisotopic (exact) mass is 1180 g/mol. The molecule has 26 heteroatoms. The standard InChI is InChI=1S/C58H63ClN8O17/c1-25(2)17-35(61-3)52(71)66-47-49(69)26-9-13-30(14-10-26)83-40-20-29-21-41(51(40)81-7)84-38-16-12-28(19-34(38)59)50(70)48-57(76)65-46(58(77)82-8)33-22-31(78-4)23-39(80-6)43(33)32-18-27(11-15-37(32)79-5)44(54(73)67-48)64-55(74)45(29)63-53(72)36(24-42(60)68)62-56(47)75/h9-16,18-23,25,35-36,44-50,61,69-70H,17,24H2,1-8H3,(H2,60,68)(H,62,75)(H,63,72)(H,64,74)(H,65,76)(H,66,71)(H,67,73)/t35-,36+,44-,45-,46+,47-,48+,49-,50-/m1/s1. The molecule has 7 amide bonds. The number of hydrogen-bond donors (Lipinski definition) is 10. The molecule has 9 atom stereocenters. The molecule has 84 heavy (non-hydrogen) atoms. The molecule has 11 N–H and O–H groups in total. The Morgan fingerprint density at radius 2 is 1.30 bits per heavy atom. The minimum absolute atomic E-state index is 0.00929. The molecule has 444 valence electrons. The molecule has 0 spiro atoms. The van der Waals surface area contributed by atoms with Crippen LogP contribution in [0.15, 0.2) is 84.9 Å². The third kappa shape index (κ3) is 12.9. The number of benzene rings is 5. The minimum Gasteiger partial charge on any atom is -0.497 e. The lowest BCUT2D eigenvalue weighted by Gasteiger charge is -2.31. The van der Waals surface area contributed by atoms with E-state index in [1.54, 1.807) is 7.05 Å². The van der Waals surface area contributed by atoms with Gasteiger partial charge in [0.1, 0.15) is 71.2 Å². The van der Waals surface area contributed by atoms with Crippen molar-refractivity contribution in [3.05, 3.63) is 118 Å². The van der Waals surface area contributed by atoms with Crippen LogP contribution in [0.25, 0.3) is 11.1 Å². The SMILES string of the molecule is CN[C@H](CC(C)C)C(=O)N[C@H]1C(=O)N[C@@H](CC(N)=O)C(=O)N[C@H]2C(=O)N[C@H]3C(=O)N[C@H](C(=O)N[C@H](C(=O)OC)c4cc(OC)cc(OC)c4-c4cc3ccc4OC)[C@H](O)c3ccc(c(Cl)c3)Oc3cc2cc(c3OC)Oc2ccc(cc2)[C@H]1O. The number of carbonyl (C=O) groups is 8. The highest BCUT2D eigenvalue weighted by molar-refractivity contribution is 6.32. The Bertz CT molecular complexity index is 3400. The highest BCUT2D eigenvalue weighted by Gasteiger charge is 2.42. The molecular formula is C58H63ClN8O17. The van der Waals surface area contributed by atoms with Crippen LogP contribution < -0.4 is 71.4 Å². The van der Waals surface area contributed by atoms with Crippen molar-refractivity contribution in [2.45, 2.75) is 81.2 Å². The normalized spacial score (nSPS) is 21.7. The van der Waals surface area contributed by atoms with Gasteiger partial charge in [-0.1, -0.05) is 49.7 Å². The van der Waals surface area contributed by atoms with Gasteiger partial charge >= 0.3 is 5.97 Å². The quantitative estimate of drug-likeness (QED) is 0.0803. The number of ether oxygens (including phenoxy) is 7. The molecule has 0 saturated carbocycles. The second-order valence-corrected chi connectivity index (χ2v) is 20.6. The van der Waals surface area contributed by atoms with Crippen molar-refractivity contribution in [1.82, 2.24) is 37.2 Å². The largest absolute Gasteiger partial charge is 0.497 e. The number of fused-ring (bicyclic) bond motifs is 15. The van der Waals surface area contributed by atoms with E-state index in [1.165, 1.54) is 113 Å². The van der Waals surface area contributed by atoms with E-state index < -0.39 is 108 Å². The predicted octanol–water partition coefficient (Wildman–Crippen LogP) is 3.04. The van der Waals surface area contributed by atoms with Gasteiger partial charge in [0.05, 0.1) is 53.0 Å². The van der Waals surface area contributed by atoms with Gasteiger partial charge in [0, 0.05) is 22.8 Å². The lowest BCUT2D eigenvalue weighted by molar-refractivity contribution is -0.146. The summed E-state index contributed by atoms with van der Waals surface area (Å²) in [7, 11) is 7.95. The number of halogens is 1. The molecule has 0 unspecified atom stereocenters. The Balaban J connectivity index is 1.38. The number of primary amides is 1. The van der Waals surface area contributed by atoms with E-state index >= 15 is 9.59 Å². The van der Waals surface area contributed by atoms with E-state index in [1.807, 2.05) is 13.8 Å². The first-order valence-corrected chi connectivity index (χ1v) is 26.6. The van der Waals surface area contributed by atoms with Gasteiger partial charge in [-0.25, -0.2) is 4.79 Å². The van der Waals surface area contributed by atoms with E-state index in [-0.39, 0.29) is 95.9 Å². The zero-order valence-corrected chi connectivity index (χ0v) is 47.5. The van der Waals surface area contributed by atoms with Gasteiger partial charge in [-0.05, 0) is 96.2 Å². The summed E-state index contributed by atoms with van der Waals surface area (Å²) in [4.78, 5) is 116. The lowest BCUT2D eigenvalue weighted by Crippen LogP contribution is -2.59. The van der Waals surface area contributed by atoms with Crippen LogP contribution in [0.1, 0.15) is 84.8 Å². The number of aliphatic hydroxyl groups is 2. The number of methoxy groups -OCH3 is 5. The zero-order chi connectivity index (χ0) is 60.8. The van der Waals surface area contributed by atoms with Crippen LogP contribution in [-0.4, -0.2) is 124 Å². The second kappa shape index (κ2) is 26.0. The first-order chi connectivity index (χ1) is 40.1. The van der Waals surface area contributed by atoms with Gasteiger partial charge in [0.25, 0.3) is 0 Å². The fourth-order valence-corrected chi connectivity index (χ4v) is 10.2. The summed E-state index contributed by atoms with van der Waals surface area (Å²) < 4.78 is 41.2. The average Bonchev–Trinajstić information content (AvgIpc) is 3.65. The van der Waals surface area contributed by atoms with Crippen LogP contribution in [0, 0.1) is 5.92 Å². The fourth-order valence-electron chi connectivity index (χ4n) is 10.0. The molecular weight excluding hydrogens is 1120 g/mol. The van der Waals surface area contributed by atoms with Crippen LogP contribution in [0.2, 0.25) is 5.02 Å². The molecule has 5 aromatic carbocycles. The Hall–Kier alpha value is -9.17. The van der Waals surface area contributed by atoms with Crippen molar-refractivity contribution in [3.8, 4) is 57.1 Å². The smallest absolute Gasteiger partial charge is 0.333 e. The summed E-state index contributed by atoms with van der Waals surface area (Å²) in [5, 5.41) is 42.4. The van der Waals surface area contributed by atoms with Gasteiger partial charge in [-0.2, -0.15) is 0 Å². The summed E-state index contributed by atoms with van der Waals surface area (Å²) in [6.07, 6.45) is -4.35. The summed E-state index contributed by atoms with van der Waals surface area (Å²) in [5.74, 6) is -8.74. The average molecular weight is 1180 g/mol. The number of likely N-dealkylation sites (N-methyl/N-ethyl adjacent to an activating group) is 1. The van der Waals surface area contributed by atoms with Crippen molar-refractivity contribution in [3.63, 3.8) is 0 Å². The minimum atomic E-state index is -2.01. The molecule has 0 radical (unpaired) electrons. The number of hydrogen-bond acceptors (Lipinski definition) is 18. The summed E-state index contributed by atoms with van der Waals surface area (Å²) in [6.45, 7) is 3.76. The number of carbonyl (C=O) groups excluding carboxylic acids is 8. The lowest BCUT2D eigenvalue weighted by atomic mass is 9.89. The van der Waals surface area contributed by atoms with Crippen molar-refractivity contribution in [1.29, 1.82) is 0 Å². The van der Waals surface area contributed by atoms with Gasteiger partial charge < -0.3 is 86.3 Å². The number of nitrogens with two attached hydrogens (primary N) is 1. The van der Waals surface area contributed by atoms with Gasteiger partial charge in [0.2, 0.25) is 47.1 Å². The predicted molar refractivity (Wildman–Crippen MR) is 299 cm³/mol. The van der Waals surface area contributed by atoms with E-state index in [2.05, 4.69) is 37.2 Å². The van der Waals surface area contributed by atoms with E-state index in [0.29, 0.717) is 6.42 Å². The van der Waals surface area contributed by atoms with Crippen molar-refractivity contribution in [2.75, 3.05) is 42.6 Å². The Morgan fingerprint density at radius 1 is 0.655 bits per heavy atom. The molecule has 0 aliphatic carbocycles. The molecule has 5 aliphatic rings. The van der Waals surface area contributed by atoms with Crippen LogP contribution in [0.4, 0.5) is 0 Å². The van der Waals surface area contributed by atoms with E-state index in [4.69, 9.17) is 50.5 Å². The molecule has 0 fully saturated rings. The van der Waals surface area contributed by atoms with Crippen LogP contribution in [0.5, 0.6) is 46.0 Å². The number of nitrogens with one attached hydrogen (secondary N) is 7. The van der Waals surface area contributed by atoms with Gasteiger partial charge in [-0.15, -0.1) is 0 Å². The van der Waals surface area contributed by atoms with Crippen LogP contribution >= 0.6 is 11.6 Å². The van der Waals surface area contributed by atoms with E-state index in [9.17, 15) is 39.0 Å². The first kappa shape index (κ1) is 60.9. The van der Waals surface area contributed by atoms with Crippen LogP contribution in [0.3, 0.4) is 0 Å². The number of amides is 7. The van der Waals surface area contributed by atoms with Gasteiger partial charge in [0.15, 0.2) is 17.5 Å². The maximum atomic E-state index is 15.7. The molecule has 0 saturated heterocycles. The number of aliphatic hydroxyl groups excluding tert-OH is 2. The van der Waals surface area contributed by atoms with Crippen molar-refractivity contribution in [2.24, 2.45) is 11.7 Å². The molecule has 11 bridgehead atoms. The third-order valence-corrected chi connectivity index (χ3v) is 14.6. The maximum absolute atomic E-state index is 15.7. The Morgan fingerprint density at radius 3 is 1.92 bits per heavy atom. The fraction of sp³-hybridized carbons (Fsp3) is 0.345. The zero-order valence-electron chi connectivity index (χ0n) is 46.7. The van der Waals surface area contributed by atoms with E-state index in [0.717, 1.165) is 7.11 Å². The molecule has 5 aromatic rings. The Kier molecular flexibility index (Phi) is 18.8. The second-order valence-electron chi connectivity index (χ2n) is 20.2. The van der Waals surface area contributed by atoms with Crippen molar-refractivity contribution < 1.29 is 81.7 Å². The highest BCUT2D eigenvalue weighted by Crippen LogP contribution is 2.48.